The molecule has 1 N–H and O–H groups in total. The predicted octanol–water partition coefficient (Wildman–Crippen LogP) is 3.63. The number of amides is 1. The van der Waals surface area contributed by atoms with Gasteiger partial charge in [-0.05, 0) is 42.3 Å². The number of alkyl halides is 3. The van der Waals surface area contributed by atoms with Crippen molar-refractivity contribution in [1.82, 2.24) is 5.32 Å². The summed E-state index contributed by atoms with van der Waals surface area (Å²) in [6.45, 7) is 0.932. The Morgan fingerprint density at radius 3 is 2.31 bits per heavy atom. The van der Waals surface area contributed by atoms with Crippen LogP contribution < -0.4 is 5.32 Å². The maximum atomic E-state index is 13.4. The normalized spacial score (nSPS) is 11.1. The monoisotopic (exact) mass is 369 g/mol. The summed E-state index contributed by atoms with van der Waals surface area (Å²) in [5.41, 5.74) is 0.0181. The Bertz CT molecular complexity index is 801. The zero-order valence-corrected chi connectivity index (χ0v) is 13.7. The van der Waals surface area contributed by atoms with Crippen LogP contribution in [-0.2, 0) is 22.3 Å². The van der Waals surface area contributed by atoms with E-state index in [1.54, 1.807) is 6.92 Å². The Hall–Kier alpha value is -2.90. The highest BCUT2D eigenvalue weighted by Gasteiger charge is 2.29. The van der Waals surface area contributed by atoms with Gasteiger partial charge in [0.25, 0.3) is 5.91 Å². The smallest absolute Gasteiger partial charge is 0.416 e. The fraction of sp³-hybridized carbons (Fsp3) is 0.222. The zero-order valence-electron chi connectivity index (χ0n) is 13.7. The van der Waals surface area contributed by atoms with Gasteiger partial charge in [0, 0.05) is 6.54 Å². The molecule has 0 saturated carbocycles. The minimum absolute atomic E-state index is 0.0202. The summed E-state index contributed by atoms with van der Waals surface area (Å²) in [5, 5.41) is 2.41. The van der Waals surface area contributed by atoms with Crippen LogP contribution in [-0.4, -0.2) is 18.5 Å². The van der Waals surface area contributed by atoms with Crippen LogP contribution in [0.5, 0.6) is 0 Å². The number of aryl methyl sites for hydroxylation is 1. The van der Waals surface area contributed by atoms with Crippen molar-refractivity contribution in [2.45, 2.75) is 19.6 Å². The summed E-state index contributed by atoms with van der Waals surface area (Å²) in [7, 11) is 0. The van der Waals surface area contributed by atoms with Crippen LogP contribution in [0.1, 0.15) is 27.0 Å². The van der Waals surface area contributed by atoms with Crippen LogP contribution in [0.25, 0.3) is 0 Å². The second kappa shape index (κ2) is 7.99. The minimum Gasteiger partial charge on any atom is -0.452 e. The Kier molecular flexibility index (Phi) is 5.97. The highest BCUT2D eigenvalue weighted by atomic mass is 19.4. The van der Waals surface area contributed by atoms with E-state index in [1.807, 2.05) is 0 Å². The number of hydrogen-bond acceptors (Lipinski definition) is 3. The largest absolute Gasteiger partial charge is 0.452 e. The first-order valence-electron chi connectivity index (χ1n) is 7.53. The van der Waals surface area contributed by atoms with Gasteiger partial charge in [-0.1, -0.05) is 18.2 Å². The molecule has 26 heavy (non-hydrogen) atoms. The lowest BCUT2D eigenvalue weighted by atomic mass is 10.1. The zero-order chi connectivity index (χ0) is 19.3. The van der Waals surface area contributed by atoms with E-state index in [9.17, 15) is 27.2 Å². The number of hydrogen-bond donors (Lipinski definition) is 1. The molecule has 2 aromatic rings. The van der Waals surface area contributed by atoms with Gasteiger partial charge in [0.05, 0.1) is 11.1 Å². The van der Waals surface area contributed by atoms with Crippen molar-refractivity contribution in [1.29, 1.82) is 0 Å². The van der Waals surface area contributed by atoms with Crippen LogP contribution in [0.3, 0.4) is 0 Å². The van der Waals surface area contributed by atoms with Crippen molar-refractivity contribution in [3.63, 3.8) is 0 Å². The van der Waals surface area contributed by atoms with Gasteiger partial charge in [-0.25, -0.2) is 9.18 Å². The maximum Gasteiger partial charge on any atom is 0.416 e. The molecule has 0 aliphatic carbocycles. The third-order valence-electron chi connectivity index (χ3n) is 3.51. The van der Waals surface area contributed by atoms with E-state index in [-0.39, 0.29) is 12.1 Å². The van der Waals surface area contributed by atoms with Crippen LogP contribution in [0.2, 0.25) is 0 Å². The highest BCUT2D eigenvalue weighted by Crippen LogP contribution is 2.29. The molecule has 0 saturated heterocycles. The van der Waals surface area contributed by atoms with Gasteiger partial charge in [-0.3, -0.25) is 4.79 Å². The quantitative estimate of drug-likeness (QED) is 0.647. The number of benzene rings is 2. The summed E-state index contributed by atoms with van der Waals surface area (Å²) < 4.78 is 55.5. The molecule has 0 aromatic heterocycles. The molecule has 0 heterocycles. The van der Waals surface area contributed by atoms with Crippen molar-refractivity contribution < 1.29 is 31.9 Å². The summed E-state index contributed by atoms with van der Waals surface area (Å²) in [6.07, 6.45) is -4.43. The molecule has 0 radical (unpaired) electrons. The standard InChI is InChI=1S/C18H15F4NO3/c1-11-2-5-13(8-15(11)19)17(25)26-10-16(24)23-9-12-3-6-14(7-4-12)18(20,21)22/h2-8H,9-10H2,1H3,(H,23,24). The topological polar surface area (TPSA) is 55.4 Å². The van der Waals surface area contributed by atoms with Gasteiger partial charge >= 0.3 is 12.1 Å². The van der Waals surface area contributed by atoms with Gasteiger partial charge in [0.15, 0.2) is 6.61 Å². The van der Waals surface area contributed by atoms with Crippen LogP contribution >= 0.6 is 0 Å². The number of halogens is 4. The summed E-state index contributed by atoms with van der Waals surface area (Å²) in [5.74, 6) is -2.05. The number of carbonyl (C=O) groups excluding carboxylic acids is 2. The molecule has 2 aromatic carbocycles. The molecule has 0 aliphatic rings. The molecular weight excluding hydrogens is 354 g/mol. The van der Waals surface area contributed by atoms with E-state index in [2.05, 4.69) is 5.32 Å². The molecule has 0 atom stereocenters. The van der Waals surface area contributed by atoms with Crippen molar-refractivity contribution >= 4 is 11.9 Å². The molecule has 4 nitrogen and oxygen atoms in total. The maximum absolute atomic E-state index is 13.4. The highest BCUT2D eigenvalue weighted by molar-refractivity contribution is 5.91. The van der Waals surface area contributed by atoms with Crippen LogP contribution in [0, 0.1) is 12.7 Å². The molecule has 0 bridgehead atoms. The van der Waals surface area contributed by atoms with Crippen molar-refractivity contribution in [2.24, 2.45) is 0 Å². The summed E-state index contributed by atoms with van der Waals surface area (Å²) >= 11 is 0. The molecule has 0 aliphatic heterocycles. The Morgan fingerprint density at radius 1 is 1.08 bits per heavy atom. The number of ether oxygens (including phenoxy) is 1. The van der Waals surface area contributed by atoms with Gasteiger partial charge in [-0.2, -0.15) is 13.2 Å². The van der Waals surface area contributed by atoms with Gasteiger partial charge < -0.3 is 10.1 Å². The Morgan fingerprint density at radius 2 is 1.73 bits per heavy atom. The first-order valence-corrected chi connectivity index (χ1v) is 7.53. The first-order chi connectivity index (χ1) is 12.2. The molecule has 0 spiro atoms. The number of carbonyl (C=O) groups is 2. The number of esters is 1. The molecule has 8 heteroatoms. The molecule has 138 valence electrons. The van der Waals surface area contributed by atoms with E-state index in [4.69, 9.17) is 4.74 Å². The lowest BCUT2D eigenvalue weighted by Gasteiger charge is -2.09. The van der Waals surface area contributed by atoms with E-state index in [1.165, 1.54) is 24.3 Å². The van der Waals surface area contributed by atoms with E-state index >= 15 is 0 Å². The molecule has 1 amide bonds. The second-order valence-corrected chi connectivity index (χ2v) is 5.51. The van der Waals surface area contributed by atoms with Crippen LogP contribution in [0.15, 0.2) is 42.5 Å². The summed E-state index contributed by atoms with van der Waals surface area (Å²) in [4.78, 5) is 23.4. The minimum atomic E-state index is -4.43. The average Bonchev–Trinajstić information content (AvgIpc) is 2.59. The number of nitrogens with one attached hydrogen (secondary N) is 1. The Balaban J connectivity index is 1.81. The lowest BCUT2D eigenvalue weighted by Crippen LogP contribution is -2.28. The van der Waals surface area contributed by atoms with E-state index in [0.29, 0.717) is 11.1 Å². The molecule has 0 unspecified atom stereocenters. The fourth-order valence-electron chi connectivity index (χ4n) is 2.00. The summed E-state index contributed by atoms with van der Waals surface area (Å²) in [6, 6.07) is 8.10. The molecule has 2 rings (SSSR count). The van der Waals surface area contributed by atoms with Crippen LogP contribution in [0.4, 0.5) is 17.6 Å². The van der Waals surface area contributed by atoms with Gasteiger partial charge in [0.1, 0.15) is 5.82 Å². The fourth-order valence-corrected chi connectivity index (χ4v) is 2.00. The third-order valence-corrected chi connectivity index (χ3v) is 3.51. The number of rotatable bonds is 5. The van der Waals surface area contributed by atoms with E-state index in [0.717, 1.165) is 18.2 Å². The molecule has 0 fully saturated rings. The van der Waals surface area contributed by atoms with Gasteiger partial charge in [-0.15, -0.1) is 0 Å². The van der Waals surface area contributed by atoms with Crippen molar-refractivity contribution in [2.75, 3.05) is 6.61 Å². The third kappa shape index (κ3) is 5.30. The predicted molar refractivity (Wildman–Crippen MR) is 84.7 cm³/mol. The van der Waals surface area contributed by atoms with Crippen molar-refractivity contribution in [3.05, 3.63) is 70.5 Å². The molecular formula is C18H15F4NO3. The SMILES string of the molecule is Cc1ccc(C(=O)OCC(=O)NCc2ccc(C(F)(F)F)cc2)cc1F. The Labute approximate surface area is 146 Å². The van der Waals surface area contributed by atoms with Gasteiger partial charge in [0.2, 0.25) is 0 Å². The lowest BCUT2D eigenvalue weighted by molar-refractivity contribution is -0.137. The van der Waals surface area contributed by atoms with Crippen molar-refractivity contribution in [3.8, 4) is 0 Å². The first kappa shape index (κ1) is 19.4. The second-order valence-electron chi connectivity index (χ2n) is 5.51. The van der Waals surface area contributed by atoms with E-state index < -0.39 is 36.0 Å². The average molecular weight is 369 g/mol.